The molecule has 0 radical (unpaired) electrons. The molecule has 1 atom stereocenters. The van der Waals surface area contributed by atoms with Crippen LogP contribution in [0.25, 0.3) is 0 Å². The molecule has 0 bridgehead atoms. The van der Waals surface area contributed by atoms with E-state index in [1.807, 2.05) is 6.08 Å². The Hall–Kier alpha value is -0.540. The van der Waals surface area contributed by atoms with Crippen molar-refractivity contribution < 1.29 is 0 Å². The van der Waals surface area contributed by atoms with E-state index in [1.54, 1.807) is 0 Å². The number of nitrogens with one attached hydrogen (secondary N) is 1. The lowest BCUT2D eigenvalue weighted by molar-refractivity contribution is 0.174. The SMILES string of the molecule is C=CC[C@H](c1ccc(C)cc1)N1CCNCC1.Cl.Cl. The summed E-state index contributed by atoms with van der Waals surface area (Å²) in [4.78, 5) is 2.56. The second-order valence-electron chi connectivity index (χ2n) is 4.74. The minimum absolute atomic E-state index is 0. The molecule has 19 heavy (non-hydrogen) atoms. The van der Waals surface area contributed by atoms with E-state index in [9.17, 15) is 0 Å². The van der Waals surface area contributed by atoms with Crippen LogP contribution in [0.3, 0.4) is 0 Å². The van der Waals surface area contributed by atoms with Gasteiger partial charge in [0.15, 0.2) is 0 Å². The number of piperazine rings is 1. The number of hydrogen-bond acceptors (Lipinski definition) is 2. The van der Waals surface area contributed by atoms with Gasteiger partial charge in [0.1, 0.15) is 0 Å². The van der Waals surface area contributed by atoms with Crippen LogP contribution in [-0.2, 0) is 0 Å². The van der Waals surface area contributed by atoms with Crippen LogP contribution in [0, 0.1) is 6.92 Å². The maximum atomic E-state index is 3.90. The van der Waals surface area contributed by atoms with Gasteiger partial charge in [-0.1, -0.05) is 35.9 Å². The molecule has 0 saturated carbocycles. The summed E-state index contributed by atoms with van der Waals surface area (Å²) in [6, 6.07) is 9.41. The first-order valence-electron chi connectivity index (χ1n) is 6.43. The van der Waals surface area contributed by atoms with Gasteiger partial charge < -0.3 is 5.32 Å². The van der Waals surface area contributed by atoms with E-state index >= 15 is 0 Å². The van der Waals surface area contributed by atoms with Gasteiger partial charge in [-0.25, -0.2) is 0 Å². The Balaban J connectivity index is 0.00000162. The molecule has 1 aliphatic heterocycles. The number of rotatable bonds is 4. The topological polar surface area (TPSA) is 15.3 Å². The van der Waals surface area contributed by atoms with Crippen LogP contribution in [0.5, 0.6) is 0 Å². The van der Waals surface area contributed by atoms with Gasteiger partial charge in [0.25, 0.3) is 0 Å². The van der Waals surface area contributed by atoms with Gasteiger partial charge in [-0.2, -0.15) is 0 Å². The van der Waals surface area contributed by atoms with Crippen LogP contribution < -0.4 is 5.32 Å². The van der Waals surface area contributed by atoms with E-state index in [0.29, 0.717) is 6.04 Å². The Morgan fingerprint density at radius 2 is 1.79 bits per heavy atom. The molecule has 0 unspecified atom stereocenters. The van der Waals surface area contributed by atoms with Crippen molar-refractivity contribution in [3.8, 4) is 0 Å². The van der Waals surface area contributed by atoms with E-state index in [1.165, 1.54) is 11.1 Å². The van der Waals surface area contributed by atoms with Crippen LogP contribution in [0.15, 0.2) is 36.9 Å². The molecule has 1 fully saturated rings. The Labute approximate surface area is 129 Å². The first-order valence-corrected chi connectivity index (χ1v) is 6.43. The molecule has 1 heterocycles. The van der Waals surface area contributed by atoms with E-state index in [-0.39, 0.29) is 24.8 Å². The highest BCUT2D eigenvalue weighted by atomic mass is 35.5. The zero-order valence-electron chi connectivity index (χ0n) is 11.5. The monoisotopic (exact) mass is 302 g/mol. The molecule has 4 heteroatoms. The van der Waals surface area contributed by atoms with Gasteiger partial charge in [0, 0.05) is 32.2 Å². The van der Waals surface area contributed by atoms with Crippen molar-refractivity contribution in [3.63, 3.8) is 0 Å². The molecule has 108 valence electrons. The van der Waals surface area contributed by atoms with Crippen LogP contribution in [0.2, 0.25) is 0 Å². The summed E-state index contributed by atoms with van der Waals surface area (Å²) < 4.78 is 0. The lowest BCUT2D eigenvalue weighted by atomic mass is 10.00. The summed E-state index contributed by atoms with van der Waals surface area (Å²) in [6.07, 6.45) is 3.07. The van der Waals surface area contributed by atoms with Gasteiger partial charge in [0.05, 0.1) is 0 Å². The fourth-order valence-electron chi connectivity index (χ4n) is 2.44. The summed E-state index contributed by atoms with van der Waals surface area (Å²) in [7, 11) is 0. The van der Waals surface area contributed by atoms with Gasteiger partial charge in [0.2, 0.25) is 0 Å². The number of hydrogen-bond donors (Lipinski definition) is 1. The molecule has 1 saturated heterocycles. The largest absolute Gasteiger partial charge is 0.314 e. The molecule has 1 aromatic carbocycles. The van der Waals surface area contributed by atoms with E-state index < -0.39 is 0 Å². The summed E-state index contributed by atoms with van der Waals surface area (Å²) in [5, 5.41) is 3.40. The fourth-order valence-corrected chi connectivity index (χ4v) is 2.44. The smallest absolute Gasteiger partial charge is 0.0383 e. The molecule has 0 aliphatic carbocycles. The first-order chi connectivity index (χ1) is 8.31. The van der Waals surface area contributed by atoms with Crippen molar-refractivity contribution in [2.75, 3.05) is 26.2 Å². The number of benzene rings is 1. The summed E-state index contributed by atoms with van der Waals surface area (Å²) in [5.74, 6) is 0. The Morgan fingerprint density at radius 3 is 2.32 bits per heavy atom. The van der Waals surface area contributed by atoms with Crippen LogP contribution in [-0.4, -0.2) is 31.1 Å². The van der Waals surface area contributed by atoms with Crippen LogP contribution in [0.4, 0.5) is 0 Å². The molecule has 1 aliphatic rings. The van der Waals surface area contributed by atoms with E-state index in [0.717, 1.165) is 32.6 Å². The highest BCUT2D eigenvalue weighted by molar-refractivity contribution is 5.85. The molecule has 1 N–H and O–H groups in total. The third-order valence-electron chi connectivity index (χ3n) is 3.44. The zero-order chi connectivity index (χ0) is 12.1. The third kappa shape index (κ3) is 5.15. The van der Waals surface area contributed by atoms with E-state index in [4.69, 9.17) is 0 Å². The summed E-state index contributed by atoms with van der Waals surface area (Å²) in [5.41, 5.74) is 2.74. The number of aryl methyl sites for hydroxylation is 1. The molecular weight excluding hydrogens is 279 g/mol. The van der Waals surface area contributed by atoms with Gasteiger partial charge in [-0.05, 0) is 18.9 Å². The predicted octanol–water partition coefficient (Wildman–Crippen LogP) is 3.36. The summed E-state index contributed by atoms with van der Waals surface area (Å²) >= 11 is 0. The molecule has 0 aromatic heterocycles. The predicted molar refractivity (Wildman–Crippen MR) is 87.7 cm³/mol. The number of halogens is 2. The van der Waals surface area contributed by atoms with Crippen molar-refractivity contribution in [2.24, 2.45) is 0 Å². The minimum Gasteiger partial charge on any atom is -0.314 e. The third-order valence-corrected chi connectivity index (χ3v) is 3.44. The Kier molecular flexibility index (Phi) is 9.11. The highest BCUT2D eigenvalue weighted by Crippen LogP contribution is 2.25. The molecule has 2 rings (SSSR count). The van der Waals surface area contributed by atoms with Crippen molar-refractivity contribution in [1.29, 1.82) is 0 Å². The average molecular weight is 303 g/mol. The normalized spacial score (nSPS) is 16.9. The summed E-state index contributed by atoms with van der Waals surface area (Å²) in [6.45, 7) is 10.5. The zero-order valence-corrected chi connectivity index (χ0v) is 13.1. The fraction of sp³-hybridized carbons (Fsp3) is 0.467. The molecule has 1 aromatic rings. The molecule has 0 spiro atoms. The maximum Gasteiger partial charge on any atom is 0.0383 e. The van der Waals surface area contributed by atoms with Gasteiger partial charge >= 0.3 is 0 Å². The molecule has 0 amide bonds. The standard InChI is InChI=1S/C15H22N2.2ClH/c1-3-4-15(17-11-9-16-10-12-17)14-7-5-13(2)6-8-14;;/h3,5-8,15-16H,1,4,9-12H2,2H3;2*1H/t15-;;/m1../s1. The minimum atomic E-state index is 0. The highest BCUT2D eigenvalue weighted by Gasteiger charge is 2.20. The first kappa shape index (κ1) is 18.5. The number of nitrogens with zero attached hydrogens (tertiary/aromatic N) is 1. The van der Waals surface area contributed by atoms with Crippen molar-refractivity contribution in [2.45, 2.75) is 19.4 Å². The molecule has 2 nitrogen and oxygen atoms in total. The van der Waals surface area contributed by atoms with Crippen molar-refractivity contribution >= 4 is 24.8 Å². The van der Waals surface area contributed by atoms with Crippen LogP contribution >= 0.6 is 24.8 Å². The Morgan fingerprint density at radius 1 is 1.21 bits per heavy atom. The lowest BCUT2D eigenvalue weighted by Gasteiger charge is -2.34. The van der Waals surface area contributed by atoms with Crippen molar-refractivity contribution in [1.82, 2.24) is 10.2 Å². The Bertz CT molecular complexity index is 359. The van der Waals surface area contributed by atoms with Gasteiger partial charge in [-0.3, -0.25) is 4.90 Å². The maximum absolute atomic E-state index is 3.90. The second kappa shape index (κ2) is 9.38. The quantitative estimate of drug-likeness (QED) is 0.858. The second-order valence-corrected chi connectivity index (χ2v) is 4.74. The molecular formula is C15H24Cl2N2. The van der Waals surface area contributed by atoms with E-state index in [2.05, 4.69) is 48.0 Å². The van der Waals surface area contributed by atoms with Crippen molar-refractivity contribution in [3.05, 3.63) is 48.0 Å². The van der Waals surface area contributed by atoms with Gasteiger partial charge in [-0.15, -0.1) is 31.4 Å². The van der Waals surface area contributed by atoms with Crippen LogP contribution in [0.1, 0.15) is 23.6 Å². The lowest BCUT2D eigenvalue weighted by Crippen LogP contribution is -2.45. The average Bonchev–Trinajstić information content (AvgIpc) is 2.38.